The summed E-state index contributed by atoms with van der Waals surface area (Å²) in [6, 6.07) is 7.68. The van der Waals surface area contributed by atoms with Crippen molar-refractivity contribution in [2.24, 2.45) is 0 Å². The van der Waals surface area contributed by atoms with E-state index in [1.54, 1.807) is 28.6 Å². The SMILES string of the molecule is CSc1ccccc1NC(=O)CN(C)CC(=O)N1CCOC(C)C1. The van der Waals surface area contributed by atoms with Crippen molar-refractivity contribution in [2.75, 3.05) is 51.4 Å². The average molecular weight is 351 g/mol. The summed E-state index contributed by atoms with van der Waals surface area (Å²) in [6.07, 6.45) is 2.04. The van der Waals surface area contributed by atoms with Gasteiger partial charge in [0, 0.05) is 18.0 Å². The zero-order chi connectivity index (χ0) is 17.5. The van der Waals surface area contributed by atoms with Gasteiger partial charge in [-0.25, -0.2) is 0 Å². The molecule has 0 aliphatic carbocycles. The molecule has 2 rings (SSSR count). The summed E-state index contributed by atoms with van der Waals surface area (Å²) < 4.78 is 5.44. The second kappa shape index (κ2) is 9.05. The lowest BCUT2D eigenvalue weighted by Gasteiger charge is -2.32. The van der Waals surface area contributed by atoms with E-state index in [4.69, 9.17) is 4.74 Å². The summed E-state index contributed by atoms with van der Waals surface area (Å²) in [6.45, 7) is 4.16. The number of hydrogen-bond acceptors (Lipinski definition) is 5. The number of benzene rings is 1. The normalized spacial score (nSPS) is 17.8. The Hall–Kier alpha value is -1.57. The Bertz CT molecular complexity index is 582. The third kappa shape index (κ3) is 5.51. The van der Waals surface area contributed by atoms with Gasteiger partial charge >= 0.3 is 0 Å². The first kappa shape index (κ1) is 18.8. The van der Waals surface area contributed by atoms with Gasteiger partial charge in [-0.2, -0.15) is 0 Å². The number of ether oxygens (including phenoxy) is 1. The van der Waals surface area contributed by atoms with Crippen LogP contribution in [0.25, 0.3) is 0 Å². The van der Waals surface area contributed by atoms with Crippen LogP contribution in [0.1, 0.15) is 6.92 Å². The van der Waals surface area contributed by atoms with E-state index in [2.05, 4.69) is 5.32 Å². The number of hydrogen-bond donors (Lipinski definition) is 1. The molecule has 1 aliphatic heterocycles. The quantitative estimate of drug-likeness (QED) is 0.788. The number of likely N-dealkylation sites (N-methyl/N-ethyl adjacent to an activating group) is 1. The van der Waals surface area contributed by atoms with Gasteiger partial charge in [-0.1, -0.05) is 12.1 Å². The van der Waals surface area contributed by atoms with Crippen molar-refractivity contribution in [2.45, 2.75) is 17.9 Å². The van der Waals surface area contributed by atoms with E-state index in [-0.39, 0.29) is 31.0 Å². The molecule has 132 valence electrons. The fraction of sp³-hybridized carbons (Fsp3) is 0.529. The Balaban J connectivity index is 1.82. The predicted molar refractivity (Wildman–Crippen MR) is 96.3 cm³/mol. The lowest BCUT2D eigenvalue weighted by Crippen LogP contribution is -2.48. The van der Waals surface area contributed by atoms with Crippen LogP contribution in [0.5, 0.6) is 0 Å². The molecule has 0 radical (unpaired) electrons. The highest BCUT2D eigenvalue weighted by Gasteiger charge is 2.22. The number of nitrogens with zero attached hydrogens (tertiary/aromatic N) is 2. The number of para-hydroxylation sites is 1. The predicted octanol–water partition coefficient (Wildman–Crippen LogP) is 1.53. The summed E-state index contributed by atoms with van der Waals surface area (Å²) in [5, 5.41) is 2.91. The van der Waals surface area contributed by atoms with E-state index < -0.39 is 0 Å². The second-order valence-electron chi connectivity index (χ2n) is 5.94. The van der Waals surface area contributed by atoms with Crippen LogP contribution >= 0.6 is 11.8 Å². The number of amides is 2. The maximum Gasteiger partial charge on any atom is 0.238 e. The molecule has 1 aliphatic rings. The molecule has 1 fully saturated rings. The van der Waals surface area contributed by atoms with Gasteiger partial charge in [0.15, 0.2) is 0 Å². The topological polar surface area (TPSA) is 61.9 Å². The van der Waals surface area contributed by atoms with Crippen LogP contribution in [0.15, 0.2) is 29.2 Å². The Morgan fingerprint density at radius 2 is 2.12 bits per heavy atom. The Labute approximate surface area is 147 Å². The molecule has 2 amide bonds. The van der Waals surface area contributed by atoms with Gasteiger partial charge in [-0.3, -0.25) is 14.5 Å². The molecule has 0 saturated carbocycles. The highest BCUT2D eigenvalue weighted by atomic mass is 32.2. The molecule has 0 aromatic heterocycles. The second-order valence-corrected chi connectivity index (χ2v) is 6.79. The lowest BCUT2D eigenvalue weighted by molar-refractivity contribution is -0.139. The number of nitrogens with one attached hydrogen (secondary N) is 1. The highest BCUT2D eigenvalue weighted by molar-refractivity contribution is 7.98. The zero-order valence-electron chi connectivity index (χ0n) is 14.4. The molecule has 1 aromatic rings. The van der Waals surface area contributed by atoms with Crippen molar-refractivity contribution in [1.29, 1.82) is 0 Å². The first-order valence-electron chi connectivity index (χ1n) is 8.00. The molecule has 6 nitrogen and oxygen atoms in total. The van der Waals surface area contributed by atoms with E-state index >= 15 is 0 Å². The average Bonchev–Trinajstić information content (AvgIpc) is 2.55. The Kier molecular flexibility index (Phi) is 7.08. The standard InChI is InChI=1S/C17H25N3O3S/c1-13-10-20(8-9-23-13)17(22)12-19(2)11-16(21)18-14-6-4-5-7-15(14)24-3/h4-7,13H,8-12H2,1-3H3,(H,18,21). The molecule has 1 atom stereocenters. The Morgan fingerprint density at radius 3 is 2.83 bits per heavy atom. The molecule has 1 heterocycles. The molecule has 7 heteroatoms. The van der Waals surface area contributed by atoms with Gasteiger partial charge in [-0.15, -0.1) is 11.8 Å². The highest BCUT2D eigenvalue weighted by Crippen LogP contribution is 2.24. The molecule has 1 N–H and O–H groups in total. The van der Waals surface area contributed by atoms with Crippen molar-refractivity contribution in [3.8, 4) is 0 Å². The summed E-state index contributed by atoms with van der Waals surface area (Å²) in [4.78, 5) is 29.0. The van der Waals surface area contributed by atoms with Crippen molar-refractivity contribution in [3.63, 3.8) is 0 Å². The third-order valence-corrected chi connectivity index (χ3v) is 4.59. The maximum atomic E-state index is 12.3. The van der Waals surface area contributed by atoms with E-state index in [1.165, 1.54) is 0 Å². The number of carbonyl (C=O) groups excluding carboxylic acids is 2. The maximum absolute atomic E-state index is 12.3. The minimum atomic E-state index is -0.123. The number of morpholine rings is 1. The Morgan fingerprint density at radius 1 is 1.38 bits per heavy atom. The van der Waals surface area contributed by atoms with Crippen molar-refractivity contribution >= 4 is 29.3 Å². The fourth-order valence-electron chi connectivity index (χ4n) is 2.61. The zero-order valence-corrected chi connectivity index (χ0v) is 15.3. The smallest absolute Gasteiger partial charge is 0.238 e. The minimum Gasteiger partial charge on any atom is -0.375 e. The number of thioether (sulfide) groups is 1. The molecular weight excluding hydrogens is 326 g/mol. The largest absolute Gasteiger partial charge is 0.375 e. The van der Waals surface area contributed by atoms with E-state index in [1.807, 2.05) is 37.4 Å². The van der Waals surface area contributed by atoms with Gasteiger partial charge < -0.3 is 15.0 Å². The van der Waals surface area contributed by atoms with Gasteiger partial charge in [0.2, 0.25) is 11.8 Å². The summed E-state index contributed by atoms with van der Waals surface area (Å²) in [7, 11) is 1.78. The third-order valence-electron chi connectivity index (χ3n) is 3.79. The molecule has 1 saturated heterocycles. The van der Waals surface area contributed by atoms with Crippen LogP contribution in [-0.2, 0) is 14.3 Å². The molecule has 24 heavy (non-hydrogen) atoms. The van der Waals surface area contributed by atoms with Crippen LogP contribution in [0.4, 0.5) is 5.69 Å². The summed E-state index contributed by atoms with van der Waals surface area (Å²) in [5.41, 5.74) is 0.803. The van der Waals surface area contributed by atoms with Gasteiger partial charge in [-0.05, 0) is 32.4 Å². The van der Waals surface area contributed by atoms with Crippen molar-refractivity contribution < 1.29 is 14.3 Å². The number of carbonyl (C=O) groups is 2. The number of anilines is 1. The van der Waals surface area contributed by atoms with E-state index in [0.29, 0.717) is 19.7 Å². The van der Waals surface area contributed by atoms with E-state index in [0.717, 1.165) is 10.6 Å². The van der Waals surface area contributed by atoms with Crippen LogP contribution < -0.4 is 5.32 Å². The lowest BCUT2D eigenvalue weighted by atomic mass is 10.3. The minimum absolute atomic E-state index is 0.0324. The van der Waals surface area contributed by atoms with Gasteiger partial charge in [0.1, 0.15) is 0 Å². The first-order valence-corrected chi connectivity index (χ1v) is 9.23. The fourth-order valence-corrected chi connectivity index (χ4v) is 3.17. The van der Waals surface area contributed by atoms with Crippen LogP contribution in [0.3, 0.4) is 0 Å². The van der Waals surface area contributed by atoms with Crippen LogP contribution in [0.2, 0.25) is 0 Å². The molecule has 1 unspecified atom stereocenters. The van der Waals surface area contributed by atoms with Crippen LogP contribution in [-0.4, -0.2) is 73.8 Å². The first-order chi connectivity index (χ1) is 11.5. The summed E-state index contributed by atoms with van der Waals surface area (Å²) >= 11 is 1.58. The molecule has 1 aromatic carbocycles. The number of rotatable bonds is 6. The van der Waals surface area contributed by atoms with E-state index in [9.17, 15) is 9.59 Å². The van der Waals surface area contributed by atoms with Crippen molar-refractivity contribution in [3.05, 3.63) is 24.3 Å². The molecule has 0 bridgehead atoms. The van der Waals surface area contributed by atoms with Crippen molar-refractivity contribution in [1.82, 2.24) is 9.80 Å². The molecule has 0 spiro atoms. The monoisotopic (exact) mass is 351 g/mol. The molecular formula is C17H25N3O3S. The van der Waals surface area contributed by atoms with Gasteiger partial charge in [0.05, 0.1) is 31.5 Å². The van der Waals surface area contributed by atoms with Crippen LogP contribution in [0, 0.1) is 0 Å². The summed E-state index contributed by atoms with van der Waals surface area (Å²) in [5.74, 6) is -0.0906. The van der Waals surface area contributed by atoms with Gasteiger partial charge in [0.25, 0.3) is 0 Å².